The molecule has 0 aliphatic heterocycles. The summed E-state index contributed by atoms with van der Waals surface area (Å²) in [6.45, 7) is 5.97. The zero-order chi connectivity index (χ0) is 12.1. The second-order valence-corrected chi connectivity index (χ2v) is 5.00. The first-order valence-corrected chi connectivity index (χ1v) is 5.23. The Kier molecular flexibility index (Phi) is 2.18. The van der Waals surface area contributed by atoms with Crippen LogP contribution in [0.5, 0.6) is 0 Å². The smallest absolute Gasteiger partial charge is 0.279 e. The Morgan fingerprint density at radius 3 is 2.56 bits per heavy atom. The molecule has 0 amide bonds. The highest BCUT2D eigenvalue weighted by Gasteiger charge is 2.20. The maximum atomic E-state index is 12.3. The minimum absolute atomic E-state index is 0.0324. The minimum Gasteiger partial charge on any atom is -0.328 e. The number of aryl methyl sites for hydroxylation is 1. The Bertz CT molecular complexity index is 606. The van der Waals surface area contributed by atoms with E-state index < -0.39 is 0 Å². The molecule has 2 rings (SSSR count). The normalized spacial score (nSPS) is 12.2. The Labute approximate surface area is 94.5 Å². The van der Waals surface area contributed by atoms with Crippen LogP contribution in [-0.2, 0) is 12.6 Å². The molecule has 2 aromatic heterocycles. The molecular weight excluding hydrogens is 203 g/mol. The highest BCUT2D eigenvalue weighted by atomic mass is 16.1. The summed E-state index contributed by atoms with van der Waals surface area (Å²) in [5.74, 6) is 0. The van der Waals surface area contributed by atoms with Gasteiger partial charge in [-0.3, -0.25) is 9.36 Å². The summed E-state index contributed by atoms with van der Waals surface area (Å²) in [5.41, 5.74) is 1.47. The van der Waals surface area contributed by atoms with E-state index in [1.807, 2.05) is 28.6 Å². The third-order valence-corrected chi connectivity index (χ3v) is 2.59. The topological polar surface area (TPSA) is 52.7 Å². The van der Waals surface area contributed by atoms with Crippen molar-refractivity contribution < 1.29 is 0 Å². The van der Waals surface area contributed by atoms with Crippen LogP contribution in [0.4, 0.5) is 0 Å². The van der Waals surface area contributed by atoms with Gasteiger partial charge in [0.1, 0.15) is 0 Å². The first kappa shape index (κ1) is 10.9. The standard InChI is InChI=1S/C10H15BN4O/c1-10(2,3)15-8(16)6-7(13-9(15)11)12-5-14(6)4/h5H,11H2,1-4H3. The van der Waals surface area contributed by atoms with Gasteiger partial charge in [0.05, 0.1) is 12.1 Å². The summed E-state index contributed by atoms with van der Waals surface area (Å²) in [5, 5.41) is 0. The molecule has 0 aliphatic carbocycles. The highest BCUT2D eigenvalue weighted by Crippen LogP contribution is 2.10. The number of imidazole rings is 1. The first-order valence-electron chi connectivity index (χ1n) is 5.23. The summed E-state index contributed by atoms with van der Waals surface area (Å²) in [6, 6.07) is 0. The maximum Gasteiger partial charge on any atom is 0.279 e. The molecule has 2 heterocycles. The summed E-state index contributed by atoms with van der Waals surface area (Å²) in [6.07, 6.45) is 1.62. The summed E-state index contributed by atoms with van der Waals surface area (Å²) < 4.78 is 3.42. The molecule has 0 saturated carbocycles. The van der Waals surface area contributed by atoms with E-state index in [-0.39, 0.29) is 11.1 Å². The molecular formula is C10H15BN4O. The molecule has 0 spiro atoms. The van der Waals surface area contributed by atoms with Gasteiger partial charge in [0, 0.05) is 12.6 Å². The van der Waals surface area contributed by atoms with Crippen LogP contribution >= 0.6 is 0 Å². The molecule has 0 atom stereocenters. The zero-order valence-electron chi connectivity index (χ0n) is 10.3. The van der Waals surface area contributed by atoms with Crippen molar-refractivity contribution in [2.45, 2.75) is 26.3 Å². The largest absolute Gasteiger partial charge is 0.328 e. The number of fused-ring (bicyclic) bond motifs is 1. The quantitative estimate of drug-likeness (QED) is 0.541. The lowest BCUT2D eigenvalue weighted by atomic mass is 10.0. The SMILES string of the molecule is Bc1nc2ncn(C)c2c(=O)n1C(C)(C)C. The van der Waals surface area contributed by atoms with Gasteiger partial charge >= 0.3 is 0 Å². The van der Waals surface area contributed by atoms with Crippen LogP contribution in [-0.4, -0.2) is 26.9 Å². The van der Waals surface area contributed by atoms with E-state index in [0.717, 1.165) is 0 Å². The lowest BCUT2D eigenvalue weighted by molar-refractivity contribution is 0.392. The fourth-order valence-corrected chi connectivity index (χ4v) is 1.99. The van der Waals surface area contributed by atoms with Crippen molar-refractivity contribution >= 4 is 24.7 Å². The van der Waals surface area contributed by atoms with Crippen LogP contribution in [0.1, 0.15) is 20.8 Å². The maximum absolute atomic E-state index is 12.3. The highest BCUT2D eigenvalue weighted by molar-refractivity contribution is 6.29. The summed E-state index contributed by atoms with van der Waals surface area (Å²) >= 11 is 0. The van der Waals surface area contributed by atoms with Crippen molar-refractivity contribution in [1.82, 2.24) is 19.1 Å². The molecule has 5 nitrogen and oxygen atoms in total. The van der Waals surface area contributed by atoms with Crippen LogP contribution in [0.2, 0.25) is 0 Å². The predicted octanol–water partition coefficient (Wildman–Crippen LogP) is -0.857. The number of rotatable bonds is 0. The van der Waals surface area contributed by atoms with Crippen molar-refractivity contribution in [3.63, 3.8) is 0 Å². The molecule has 0 aromatic carbocycles. The van der Waals surface area contributed by atoms with Gasteiger partial charge in [-0.25, -0.2) is 9.97 Å². The zero-order valence-corrected chi connectivity index (χ0v) is 10.3. The third-order valence-electron chi connectivity index (χ3n) is 2.59. The molecule has 0 saturated heterocycles. The van der Waals surface area contributed by atoms with E-state index in [1.165, 1.54) is 0 Å². The monoisotopic (exact) mass is 218 g/mol. The van der Waals surface area contributed by atoms with E-state index in [9.17, 15) is 4.79 Å². The van der Waals surface area contributed by atoms with Crippen LogP contribution < -0.4 is 11.3 Å². The number of aromatic nitrogens is 4. The second kappa shape index (κ2) is 3.20. The van der Waals surface area contributed by atoms with Crippen molar-refractivity contribution in [3.05, 3.63) is 16.7 Å². The van der Waals surface area contributed by atoms with E-state index in [1.54, 1.807) is 22.5 Å². The van der Waals surface area contributed by atoms with Crippen molar-refractivity contribution in [1.29, 1.82) is 0 Å². The van der Waals surface area contributed by atoms with Gasteiger partial charge in [0.2, 0.25) is 0 Å². The first-order chi connectivity index (χ1) is 7.32. The molecule has 84 valence electrons. The van der Waals surface area contributed by atoms with Crippen LogP contribution in [0.15, 0.2) is 11.1 Å². The van der Waals surface area contributed by atoms with E-state index >= 15 is 0 Å². The van der Waals surface area contributed by atoms with Gasteiger partial charge in [-0.2, -0.15) is 0 Å². The number of hydrogen-bond donors (Lipinski definition) is 0. The van der Waals surface area contributed by atoms with Crippen LogP contribution in [0.25, 0.3) is 11.2 Å². The summed E-state index contributed by atoms with van der Waals surface area (Å²) in [7, 11) is 3.64. The molecule has 0 N–H and O–H groups in total. The Morgan fingerprint density at radius 2 is 2.00 bits per heavy atom. The Morgan fingerprint density at radius 1 is 1.38 bits per heavy atom. The second-order valence-electron chi connectivity index (χ2n) is 5.00. The molecule has 2 aromatic rings. The van der Waals surface area contributed by atoms with Crippen molar-refractivity contribution in [2.75, 3.05) is 0 Å². The lowest BCUT2D eigenvalue weighted by Gasteiger charge is -2.24. The van der Waals surface area contributed by atoms with Crippen molar-refractivity contribution in [3.8, 4) is 0 Å². The molecule has 16 heavy (non-hydrogen) atoms. The van der Waals surface area contributed by atoms with E-state index in [0.29, 0.717) is 16.9 Å². The predicted molar refractivity (Wildman–Crippen MR) is 65.9 cm³/mol. The Balaban J connectivity index is 2.96. The molecule has 0 aliphatic rings. The molecule has 6 heteroatoms. The lowest BCUT2D eigenvalue weighted by Crippen LogP contribution is -2.45. The molecule has 0 radical (unpaired) electrons. The Hall–Kier alpha value is -1.59. The van der Waals surface area contributed by atoms with Gasteiger partial charge in [-0.05, 0) is 20.8 Å². The number of hydrogen-bond acceptors (Lipinski definition) is 3. The molecule has 0 unspecified atom stereocenters. The third kappa shape index (κ3) is 1.45. The molecule has 0 fully saturated rings. The van der Waals surface area contributed by atoms with Gasteiger partial charge in [-0.15, -0.1) is 0 Å². The van der Waals surface area contributed by atoms with Gasteiger partial charge < -0.3 is 4.57 Å². The van der Waals surface area contributed by atoms with Gasteiger partial charge in [0.15, 0.2) is 19.0 Å². The van der Waals surface area contributed by atoms with Gasteiger partial charge in [0.25, 0.3) is 5.56 Å². The van der Waals surface area contributed by atoms with Gasteiger partial charge in [-0.1, -0.05) is 0 Å². The summed E-state index contributed by atoms with van der Waals surface area (Å²) in [4.78, 5) is 20.8. The average Bonchev–Trinajstić information content (AvgIpc) is 2.44. The molecule has 0 bridgehead atoms. The number of nitrogens with zero attached hydrogens (tertiary/aromatic N) is 4. The van der Waals surface area contributed by atoms with Crippen LogP contribution in [0, 0.1) is 0 Å². The van der Waals surface area contributed by atoms with Crippen molar-refractivity contribution in [2.24, 2.45) is 7.05 Å². The van der Waals surface area contributed by atoms with Crippen LogP contribution in [0.3, 0.4) is 0 Å². The van der Waals surface area contributed by atoms with E-state index in [2.05, 4.69) is 9.97 Å². The van der Waals surface area contributed by atoms with E-state index in [4.69, 9.17) is 0 Å². The fourth-order valence-electron chi connectivity index (χ4n) is 1.99. The minimum atomic E-state index is -0.271. The fraction of sp³-hybridized carbons (Fsp3) is 0.500. The average molecular weight is 218 g/mol.